The molecular formula is C19H20FN3O. The second-order valence-corrected chi connectivity index (χ2v) is 7.03. The van der Waals surface area contributed by atoms with Crippen LogP contribution in [-0.4, -0.2) is 15.3 Å². The zero-order valence-electron chi connectivity index (χ0n) is 14.0. The summed E-state index contributed by atoms with van der Waals surface area (Å²) in [5, 5.41) is 2.95. The Morgan fingerprint density at radius 2 is 2.00 bits per heavy atom. The number of hydrogen-bond donors (Lipinski definition) is 1. The van der Waals surface area contributed by atoms with Crippen LogP contribution in [0.25, 0.3) is 16.9 Å². The van der Waals surface area contributed by atoms with Gasteiger partial charge in [0.15, 0.2) is 0 Å². The van der Waals surface area contributed by atoms with Crippen LogP contribution in [0.1, 0.15) is 27.2 Å². The molecule has 0 aliphatic carbocycles. The third-order valence-corrected chi connectivity index (χ3v) is 3.58. The Kier molecular flexibility index (Phi) is 4.09. The van der Waals surface area contributed by atoms with Crippen molar-refractivity contribution in [2.45, 2.75) is 27.2 Å². The minimum absolute atomic E-state index is 0.0918. The first-order valence-corrected chi connectivity index (χ1v) is 7.86. The molecule has 0 aliphatic heterocycles. The van der Waals surface area contributed by atoms with Crippen LogP contribution in [-0.2, 0) is 4.79 Å². The van der Waals surface area contributed by atoms with E-state index in [9.17, 15) is 9.18 Å². The van der Waals surface area contributed by atoms with E-state index in [0.29, 0.717) is 29.1 Å². The van der Waals surface area contributed by atoms with Crippen molar-refractivity contribution in [2.24, 2.45) is 5.41 Å². The number of carbonyl (C=O) groups is 1. The van der Waals surface area contributed by atoms with E-state index in [1.54, 1.807) is 16.5 Å². The largest absolute Gasteiger partial charge is 0.310 e. The van der Waals surface area contributed by atoms with E-state index < -0.39 is 0 Å². The molecule has 0 unspecified atom stereocenters. The van der Waals surface area contributed by atoms with Gasteiger partial charge < -0.3 is 5.32 Å². The fourth-order valence-electron chi connectivity index (χ4n) is 2.61. The third-order valence-electron chi connectivity index (χ3n) is 3.58. The first-order valence-electron chi connectivity index (χ1n) is 7.86. The molecule has 0 saturated carbocycles. The van der Waals surface area contributed by atoms with Gasteiger partial charge >= 0.3 is 0 Å². The quantitative estimate of drug-likeness (QED) is 0.770. The predicted octanol–water partition coefficient (Wildman–Crippen LogP) is 4.52. The third kappa shape index (κ3) is 3.45. The van der Waals surface area contributed by atoms with Gasteiger partial charge in [-0.3, -0.25) is 9.20 Å². The summed E-state index contributed by atoms with van der Waals surface area (Å²) in [6.07, 6.45) is 2.22. The summed E-state index contributed by atoms with van der Waals surface area (Å²) in [5.74, 6) is 0.132. The minimum atomic E-state index is -0.337. The van der Waals surface area contributed by atoms with Gasteiger partial charge in [-0.2, -0.15) is 0 Å². The van der Waals surface area contributed by atoms with Crippen molar-refractivity contribution in [3.63, 3.8) is 0 Å². The van der Waals surface area contributed by atoms with Gasteiger partial charge in [0.05, 0.1) is 0 Å². The molecule has 0 saturated heterocycles. The fraction of sp³-hybridized carbons (Fsp3) is 0.263. The van der Waals surface area contributed by atoms with Crippen molar-refractivity contribution < 1.29 is 9.18 Å². The van der Waals surface area contributed by atoms with Crippen molar-refractivity contribution in [1.82, 2.24) is 9.38 Å². The van der Waals surface area contributed by atoms with E-state index in [4.69, 9.17) is 0 Å². The summed E-state index contributed by atoms with van der Waals surface area (Å²) in [5.41, 5.74) is 1.76. The molecule has 0 radical (unpaired) electrons. The monoisotopic (exact) mass is 325 g/mol. The maximum atomic E-state index is 13.6. The molecule has 0 spiro atoms. The molecule has 2 aromatic heterocycles. The number of pyridine rings is 1. The molecule has 124 valence electrons. The molecule has 2 heterocycles. The number of carbonyl (C=O) groups excluding carboxylic acids is 1. The summed E-state index contributed by atoms with van der Waals surface area (Å²) in [6, 6.07) is 11.8. The molecule has 0 aliphatic rings. The molecule has 3 aromatic rings. The van der Waals surface area contributed by atoms with E-state index in [1.165, 1.54) is 12.1 Å². The van der Waals surface area contributed by atoms with Crippen LogP contribution in [0.15, 0.2) is 48.7 Å². The molecule has 4 nitrogen and oxygen atoms in total. The Labute approximate surface area is 140 Å². The van der Waals surface area contributed by atoms with Crippen molar-refractivity contribution in [3.05, 3.63) is 54.5 Å². The van der Waals surface area contributed by atoms with E-state index >= 15 is 0 Å². The van der Waals surface area contributed by atoms with E-state index in [1.807, 2.05) is 45.2 Å². The Balaban J connectivity index is 2.07. The number of nitrogens with zero attached hydrogens (tertiary/aromatic N) is 2. The van der Waals surface area contributed by atoms with E-state index in [-0.39, 0.29) is 17.1 Å². The van der Waals surface area contributed by atoms with Crippen LogP contribution in [0.4, 0.5) is 10.2 Å². The number of hydrogen-bond acceptors (Lipinski definition) is 2. The highest BCUT2D eigenvalue weighted by Gasteiger charge is 2.20. The van der Waals surface area contributed by atoms with Crippen LogP contribution in [0.2, 0.25) is 0 Å². The smallest absolute Gasteiger partial charge is 0.226 e. The van der Waals surface area contributed by atoms with Crippen LogP contribution in [0, 0.1) is 11.2 Å². The lowest BCUT2D eigenvalue weighted by Gasteiger charge is -2.17. The molecule has 1 aromatic carbocycles. The number of aromatic nitrogens is 2. The minimum Gasteiger partial charge on any atom is -0.310 e. The van der Waals surface area contributed by atoms with Gasteiger partial charge in [-0.25, -0.2) is 9.37 Å². The van der Waals surface area contributed by atoms with Gasteiger partial charge in [-0.15, -0.1) is 0 Å². The number of anilines is 1. The summed E-state index contributed by atoms with van der Waals surface area (Å²) >= 11 is 0. The molecule has 0 fully saturated rings. The number of fused-ring (bicyclic) bond motifs is 1. The standard InChI is InChI=1S/C19H20FN3O/c1-19(2,3)12-16(24)22-18-17(13-7-6-8-14(20)11-13)21-15-9-4-5-10-23(15)18/h4-11H,12H2,1-3H3,(H,22,24). The summed E-state index contributed by atoms with van der Waals surface area (Å²) in [7, 11) is 0. The number of benzene rings is 1. The molecule has 5 heteroatoms. The Morgan fingerprint density at radius 1 is 1.21 bits per heavy atom. The zero-order chi connectivity index (χ0) is 17.3. The summed E-state index contributed by atoms with van der Waals surface area (Å²) in [4.78, 5) is 16.9. The lowest BCUT2D eigenvalue weighted by molar-refractivity contribution is -0.117. The molecule has 3 rings (SSSR count). The predicted molar refractivity (Wildman–Crippen MR) is 93.3 cm³/mol. The molecule has 1 amide bonds. The lowest BCUT2D eigenvalue weighted by Crippen LogP contribution is -2.20. The van der Waals surface area contributed by atoms with Gasteiger partial charge in [0.2, 0.25) is 5.91 Å². The number of nitrogens with one attached hydrogen (secondary N) is 1. The number of amides is 1. The average Bonchev–Trinajstić information content (AvgIpc) is 2.84. The van der Waals surface area contributed by atoms with Crippen molar-refractivity contribution in [1.29, 1.82) is 0 Å². The molecule has 0 atom stereocenters. The van der Waals surface area contributed by atoms with E-state index in [2.05, 4.69) is 10.3 Å². The highest BCUT2D eigenvalue weighted by atomic mass is 19.1. The maximum Gasteiger partial charge on any atom is 0.226 e. The highest BCUT2D eigenvalue weighted by Crippen LogP contribution is 2.30. The normalized spacial score (nSPS) is 11.7. The van der Waals surface area contributed by atoms with Crippen molar-refractivity contribution in [2.75, 3.05) is 5.32 Å². The Bertz CT molecular complexity index is 893. The number of rotatable bonds is 3. The second kappa shape index (κ2) is 6.07. The van der Waals surface area contributed by atoms with Crippen LogP contribution < -0.4 is 5.32 Å². The van der Waals surface area contributed by atoms with Gasteiger partial charge in [0, 0.05) is 18.2 Å². The molecular weight excluding hydrogens is 305 g/mol. The van der Waals surface area contributed by atoms with Gasteiger partial charge in [-0.1, -0.05) is 39.0 Å². The summed E-state index contributed by atoms with van der Waals surface area (Å²) < 4.78 is 15.4. The fourth-order valence-corrected chi connectivity index (χ4v) is 2.61. The maximum absolute atomic E-state index is 13.6. The van der Waals surface area contributed by atoms with Crippen molar-refractivity contribution >= 4 is 17.4 Å². The first-order chi connectivity index (χ1) is 11.3. The number of halogens is 1. The highest BCUT2D eigenvalue weighted by molar-refractivity contribution is 5.94. The van der Waals surface area contributed by atoms with Gasteiger partial charge in [0.1, 0.15) is 23.0 Å². The molecule has 0 bridgehead atoms. The van der Waals surface area contributed by atoms with Gasteiger partial charge in [-0.05, 0) is 29.7 Å². The van der Waals surface area contributed by atoms with Crippen LogP contribution >= 0.6 is 0 Å². The topological polar surface area (TPSA) is 46.4 Å². The van der Waals surface area contributed by atoms with Crippen molar-refractivity contribution in [3.8, 4) is 11.3 Å². The number of imidazole rings is 1. The average molecular weight is 325 g/mol. The Hall–Kier alpha value is -2.69. The SMILES string of the molecule is CC(C)(C)CC(=O)Nc1c(-c2cccc(F)c2)nc2ccccn12. The lowest BCUT2D eigenvalue weighted by atomic mass is 9.92. The first kappa shape index (κ1) is 16.2. The van der Waals surface area contributed by atoms with Gasteiger partial charge in [0.25, 0.3) is 0 Å². The van der Waals surface area contributed by atoms with Crippen LogP contribution in [0.3, 0.4) is 0 Å². The Morgan fingerprint density at radius 3 is 2.71 bits per heavy atom. The molecule has 1 N–H and O–H groups in total. The van der Waals surface area contributed by atoms with Crippen LogP contribution in [0.5, 0.6) is 0 Å². The van der Waals surface area contributed by atoms with E-state index in [0.717, 1.165) is 0 Å². The summed E-state index contributed by atoms with van der Waals surface area (Å²) in [6.45, 7) is 6.03. The second-order valence-electron chi connectivity index (χ2n) is 7.03. The zero-order valence-corrected chi connectivity index (χ0v) is 14.0. The molecule has 24 heavy (non-hydrogen) atoms.